The predicted molar refractivity (Wildman–Crippen MR) is 505 cm³/mol. The van der Waals surface area contributed by atoms with Gasteiger partial charge in [0.1, 0.15) is 154 Å². The Morgan fingerprint density at radius 1 is 0.203 bits per heavy atom. The van der Waals surface area contributed by atoms with Crippen LogP contribution in [-0.4, -0.2) is 42.3 Å². The normalized spacial score (nSPS) is 14.7. The Hall–Kier alpha value is -15.5. The van der Waals surface area contributed by atoms with Crippen LogP contribution in [0.1, 0.15) is 77.9 Å². The molecule has 0 aliphatic carbocycles. The molecule has 0 radical (unpaired) electrons. The van der Waals surface area contributed by atoms with Crippen LogP contribution < -0.4 is 61.7 Å². The van der Waals surface area contributed by atoms with Gasteiger partial charge in [-0.15, -0.1) is 0 Å². The Kier molecular flexibility index (Phi) is 29.0. The van der Waals surface area contributed by atoms with E-state index in [9.17, 15) is 14.7 Å². The molecule has 3 aliphatic heterocycles. The van der Waals surface area contributed by atoms with E-state index in [-0.39, 0.29) is 58.6 Å². The third-order valence-electron chi connectivity index (χ3n) is 22.9. The molecule has 2 amide bonds. The number of phenols is 1. The lowest BCUT2D eigenvalue weighted by atomic mass is 9.77. The highest BCUT2D eigenvalue weighted by molar-refractivity contribution is 6.23. The second-order valence-electron chi connectivity index (χ2n) is 32.8. The first-order valence-corrected chi connectivity index (χ1v) is 44.4. The van der Waals surface area contributed by atoms with Crippen molar-refractivity contribution in [3.05, 3.63) is 465 Å². The van der Waals surface area contributed by atoms with Crippen molar-refractivity contribution < 1.29 is 85.7 Å². The molecular formula is C114H99NO18. The van der Waals surface area contributed by atoms with Gasteiger partial charge >= 0.3 is 0 Å². The molecule has 15 aromatic rings. The number of rotatable bonds is 45. The van der Waals surface area contributed by atoms with Crippen molar-refractivity contribution in [2.45, 2.75) is 105 Å². The van der Waals surface area contributed by atoms with Gasteiger partial charge in [0.2, 0.25) is 11.8 Å². The summed E-state index contributed by atoms with van der Waals surface area (Å²) in [4.78, 5) is 31.2. The van der Waals surface area contributed by atoms with Crippen molar-refractivity contribution in [1.29, 1.82) is 0 Å². The van der Waals surface area contributed by atoms with Gasteiger partial charge in [0.15, 0.2) is 0 Å². The molecule has 3 aliphatic rings. The largest absolute Gasteiger partial charge is 0.508 e. The smallest absolute Gasteiger partial charge is 0.240 e. The van der Waals surface area contributed by atoms with Crippen molar-refractivity contribution in [3.8, 4) is 74.7 Å². The number of anilines is 1. The zero-order valence-electron chi connectivity index (χ0n) is 73.3. The molecule has 0 spiro atoms. The number of carbonyl (C=O) groups is 2. The summed E-state index contributed by atoms with van der Waals surface area (Å²) in [5.41, 5.74) is 14.3. The summed E-state index contributed by atoms with van der Waals surface area (Å²) in [6.45, 7) is 3.11. The maximum atomic E-state index is 15.0. The first-order valence-electron chi connectivity index (χ1n) is 44.4. The van der Waals surface area contributed by atoms with Gasteiger partial charge in [0.25, 0.3) is 0 Å². The van der Waals surface area contributed by atoms with Gasteiger partial charge in [-0.1, -0.05) is 243 Å². The predicted octanol–water partition coefficient (Wildman–Crippen LogP) is 23.0. The summed E-state index contributed by atoms with van der Waals surface area (Å²) in [5, 5.41) is 10.4. The zero-order chi connectivity index (χ0) is 90.1. The van der Waals surface area contributed by atoms with Crippen molar-refractivity contribution in [2.24, 2.45) is 11.8 Å². The summed E-state index contributed by atoms with van der Waals surface area (Å²) in [7, 11) is 0. The van der Waals surface area contributed by atoms with Crippen LogP contribution >= 0.6 is 0 Å². The third kappa shape index (κ3) is 24.3. The van der Waals surface area contributed by atoms with E-state index >= 15 is 0 Å². The minimum Gasteiger partial charge on any atom is -0.508 e. The van der Waals surface area contributed by atoms with Crippen molar-refractivity contribution in [2.75, 3.05) is 18.1 Å². The van der Waals surface area contributed by atoms with Gasteiger partial charge in [-0.2, -0.15) is 0 Å². The highest BCUT2D eigenvalue weighted by Crippen LogP contribution is 2.53. The monoisotopic (exact) mass is 1770 g/mol. The number of fused-ring (bicyclic) bond motifs is 5. The van der Waals surface area contributed by atoms with E-state index in [2.05, 4.69) is 0 Å². The quantitative estimate of drug-likeness (QED) is 0.0279. The van der Waals surface area contributed by atoms with Crippen LogP contribution in [0, 0.1) is 11.8 Å². The molecule has 2 bridgehead atoms. The average molecular weight is 1770 g/mol. The van der Waals surface area contributed by atoms with E-state index in [1.54, 1.807) is 12.1 Å². The number of benzene rings is 15. The van der Waals surface area contributed by atoms with E-state index in [0.717, 1.165) is 66.8 Å². The molecule has 2 fully saturated rings. The second-order valence-corrected chi connectivity index (χ2v) is 32.8. The van der Waals surface area contributed by atoms with Crippen molar-refractivity contribution in [1.82, 2.24) is 0 Å². The molecular weight excluding hydrogens is 1670 g/mol. The lowest BCUT2D eigenvalue weighted by Gasteiger charge is -2.24. The van der Waals surface area contributed by atoms with Crippen molar-refractivity contribution in [3.63, 3.8) is 0 Å². The first-order chi connectivity index (χ1) is 65.5. The first kappa shape index (κ1) is 88.1. The van der Waals surface area contributed by atoms with Crippen LogP contribution in [0.3, 0.4) is 0 Å². The molecule has 3 heterocycles. The Bertz CT molecular complexity index is 5470. The molecule has 4 unspecified atom stereocenters. The minimum atomic E-state index is -0.887. The summed E-state index contributed by atoms with van der Waals surface area (Å²) in [6, 6.07) is 120. The molecule has 1 N–H and O–H groups in total. The Morgan fingerprint density at radius 2 is 0.376 bits per heavy atom. The fourth-order valence-corrected chi connectivity index (χ4v) is 16.3. The molecule has 2 saturated heterocycles. The SMILES string of the molecule is O=C1C2C3OC(C(COCc4cc(OCc5cc(OCc6ccccc6)cc(OCc6ccccc6)c5)cc(OCc5cc(OCc6ccccc6)cc(OCc6ccccc6)c5)c4)=C3COCc3cc(OCc4cc(OCc5ccccc5)cc(OCc5ccccc5)c4)cc(OCc4cc(OCc5ccccc5)cc(OCc5ccccc5)c4)c3)C2C(=O)N1c1ccc(O)cc1. The number of aromatic hydroxyl groups is 1. The van der Waals surface area contributed by atoms with Crippen molar-refractivity contribution >= 4 is 17.5 Å². The van der Waals surface area contributed by atoms with Gasteiger partial charge in [0.05, 0.1) is 56.2 Å². The maximum absolute atomic E-state index is 15.0. The molecule has 133 heavy (non-hydrogen) atoms. The Labute approximate surface area is 773 Å². The summed E-state index contributed by atoms with van der Waals surface area (Å²) in [5.74, 6) is 4.12. The lowest BCUT2D eigenvalue weighted by Crippen LogP contribution is -2.34. The number of ether oxygens (including phenoxy) is 15. The number of phenolic OH excluding ortho intramolecular Hbond substituents is 1. The number of imide groups is 1. The molecule has 15 aromatic carbocycles. The maximum Gasteiger partial charge on any atom is 0.240 e. The van der Waals surface area contributed by atoms with Crippen LogP contribution in [0.15, 0.2) is 387 Å². The molecule has 0 saturated carbocycles. The molecule has 4 atom stereocenters. The summed E-state index contributed by atoms with van der Waals surface area (Å²) < 4.78 is 99.4. The average Bonchev–Trinajstić information content (AvgIpc) is 1.54. The number of nitrogens with zero attached hydrogens (tertiary/aromatic N) is 1. The van der Waals surface area contributed by atoms with E-state index in [1.165, 1.54) is 17.0 Å². The second kappa shape index (κ2) is 43.7. The molecule has 19 heteroatoms. The number of hydrogen-bond donors (Lipinski definition) is 1. The van der Waals surface area contributed by atoms with E-state index < -0.39 is 35.9 Å². The number of carbonyl (C=O) groups excluding carboxylic acids is 2. The Balaban J connectivity index is 0.643. The van der Waals surface area contributed by atoms with Gasteiger partial charge in [0, 0.05) is 36.4 Å². The number of hydrogen-bond acceptors (Lipinski definition) is 18. The topological polar surface area (TPSA) is 196 Å². The summed E-state index contributed by atoms with van der Waals surface area (Å²) in [6.07, 6.45) is -1.73. The minimum absolute atomic E-state index is 0.0101. The van der Waals surface area contributed by atoms with Gasteiger partial charge in [-0.25, -0.2) is 4.90 Å². The Morgan fingerprint density at radius 3 is 0.564 bits per heavy atom. The highest BCUT2D eigenvalue weighted by Gasteiger charge is 2.65. The fraction of sp³-hybridized carbons (Fsp3) is 0.175. The van der Waals surface area contributed by atoms with E-state index in [4.69, 9.17) is 71.1 Å². The zero-order valence-corrected chi connectivity index (χ0v) is 73.3. The molecule has 668 valence electrons. The summed E-state index contributed by atoms with van der Waals surface area (Å²) >= 11 is 0. The van der Waals surface area contributed by atoms with Gasteiger partial charge in [-0.3, -0.25) is 9.59 Å². The standard InChI is InChI=1S/C114H99NO18/c116-94-43-41-93(42-44-94)115-113(117)109-110(114(115)118)112-108(78-120-64-88-47-97(131-75-91-53-103(125-69-83-33-17-5-18-34-83)61-104(54-91)126-70-84-35-19-6-20-36-84)58-98(48-88)132-76-92-55-105(127-71-85-37-21-7-22-38-85)62-106(56-92)128-72-86-39-23-8-24-40-86)107(111(109)133-112)77-119-63-87-45-95(129-73-89-49-99(121-65-79-25-9-1-10-26-79)59-100(50-89)122-66-80-27-11-2-12-28-80)57-96(46-87)130-74-90-51-101(123-67-81-29-13-3-14-30-81)60-102(52-90)124-68-82-31-15-4-16-32-82/h1-62,109-112,116H,63-78H2. The van der Waals surface area contributed by atoms with Crippen LogP contribution in [0.2, 0.25) is 0 Å². The van der Waals surface area contributed by atoms with Crippen LogP contribution in [-0.2, 0) is 116 Å². The van der Waals surface area contributed by atoms with Crippen LogP contribution in [0.4, 0.5) is 5.69 Å². The molecule has 19 nitrogen and oxygen atoms in total. The third-order valence-corrected chi connectivity index (χ3v) is 22.9. The molecule has 0 aromatic heterocycles. The fourth-order valence-electron chi connectivity index (χ4n) is 16.3. The number of amides is 2. The van der Waals surface area contributed by atoms with Gasteiger partial charge in [-0.05, 0) is 186 Å². The van der Waals surface area contributed by atoms with E-state index in [0.29, 0.717) is 150 Å². The van der Waals surface area contributed by atoms with Crippen LogP contribution in [0.25, 0.3) is 0 Å². The highest BCUT2D eigenvalue weighted by atomic mass is 16.5. The van der Waals surface area contributed by atoms with Gasteiger partial charge < -0.3 is 76.2 Å². The van der Waals surface area contributed by atoms with E-state index in [1.807, 2.05) is 352 Å². The molecule has 18 rings (SSSR count). The van der Waals surface area contributed by atoms with Crippen LogP contribution in [0.5, 0.6) is 74.7 Å². The lowest BCUT2D eigenvalue weighted by molar-refractivity contribution is -0.124.